The number of benzene rings is 1. The zero-order valence-corrected chi connectivity index (χ0v) is 12.6. The van der Waals surface area contributed by atoms with Gasteiger partial charge in [0.25, 0.3) is 0 Å². The zero-order chi connectivity index (χ0) is 16.8. The fourth-order valence-electron chi connectivity index (χ4n) is 2.77. The molecule has 0 radical (unpaired) electrons. The minimum atomic E-state index is -4.83. The van der Waals surface area contributed by atoms with Gasteiger partial charge in [-0.1, -0.05) is 29.4 Å². The van der Waals surface area contributed by atoms with Crippen LogP contribution in [-0.2, 0) is 4.79 Å². The Morgan fingerprint density at radius 1 is 1.26 bits per heavy atom. The Morgan fingerprint density at radius 2 is 1.91 bits per heavy atom. The largest absolute Gasteiger partial charge is 0.471 e. The third-order valence-corrected chi connectivity index (χ3v) is 4.03. The van der Waals surface area contributed by atoms with E-state index in [-0.39, 0.29) is 5.92 Å². The van der Waals surface area contributed by atoms with E-state index in [9.17, 15) is 18.0 Å². The highest BCUT2D eigenvalue weighted by Gasteiger charge is 2.46. The minimum absolute atomic E-state index is 0.0694. The Morgan fingerprint density at radius 3 is 2.43 bits per heavy atom. The number of rotatable bonds is 3. The van der Waals surface area contributed by atoms with Gasteiger partial charge in [0, 0.05) is 17.5 Å². The molecule has 1 amide bonds. The van der Waals surface area contributed by atoms with E-state index in [1.165, 1.54) is 0 Å². The summed E-state index contributed by atoms with van der Waals surface area (Å²) in [5.74, 6) is -1.23. The first-order chi connectivity index (χ1) is 10.8. The molecule has 1 aliphatic carbocycles. The normalized spacial score (nSPS) is 20.4. The van der Waals surface area contributed by atoms with Crippen LogP contribution in [0.4, 0.5) is 13.2 Å². The minimum Gasteiger partial charge on any atom is -0.361 e. The molecular weight excluding hydrogens is 309 g/mol. The van der Waals surface area contributed by atoms with Crippen molar-refractivity contribution in [1.29, 1.82) is 0 Å². The fourth-order valence-corrected chi connectivity index (χ4v) is 2.77. The second kappa shape index (κ2) is 5.40. The van der Waals surface area contributed by atoms with Crippen molar-refractivity contribution in [3.63, 3.8) is 0 Å². The van der Waals surface area contributed by atoms with Crippen LogP contribution in [0.1, 0.15) is 29.4 Å². The maximum Gasteiger partial charge on any atom is 0.471 e. The number of halogens is 3. The number of nitrogens with zero attached hydrogens (tertiary/aromatic N) is 1. The standard InChI is InChI=1S/C16H15F3N2O2/c1-8-14(9(2)23-21-8)11-5-3-10(4-6-11)12-7-13(12)20-15(22)16(17,18)19/h3-6,12-13H,7H2,1-2H3,(H,20,22). The van der Waals surface area contributed by atoms with E-state index in [1.807, 2.05) is 43.4 Å². The molecule has 1 fully saturated rings. The van der Waals surface area contributed by atoms with Crippen LogP contribution in [0.25, 0.3) is 11.1 Å². The van der Waals surface area contributed by atoms with Crippen molar-refractivity contribution in [2.75, 3.05) is 0 Å². The molecular formula is C16H15F3N2O2. The number of nitrogens with one attached hydrogen (secondary N) is 1. The van der Waals surface area contributed by atoms with Crippen molar-refractivity contribution >= 4 is 5.91 Å². The molecule has 3 rings (SSSR count). The lowest BCUT2D eigenvalue weighted by molar-refractivity contribution is -0.173. The topological polar surface area (TPSA) is 55.1 Å². The van der Waals surface area contributed by atoms with Crippen LogP contribution in [0, 0.1) is 13.8 Å². The Bertz CT molecular complexity index is 715. The van der Waals surface area contributed by atoms with Crippen molar-refractivity contribution in [2.45, 2.75) is 38.4 Å². The average Bonchev–Trinajstić information content (AvgIpc) is 3.16. The van der Waals surface area contributed by atoms with Gasteiger partial charge in [0.2, 0.25) is 0 Å². The van der Waals surface area contributed by atoms with Crippen LogP contribution < -0.4 is 5.32 Å². The lowest BCUT2D eigenvalue weighted by atomic mass is 10.0. The molecule has 4 nitrogen and oxygen atoms in total. The molecule has 2 aromatic rings. The van der Waals surface area contributed by atoms with Gasteiger partial charge >= 0.3 is 12.1 Å². The van der Waals surface area contributed by atoms with Crippen LogP contribution >= 0.6 is 0 Å². The molecule has 1 heterocycles. The summed E-state index contributed by atoms with van der Waals surface area (Å²) < 4.78 is 41.8. The van der Waals surface area contributed by atoms with Crippen LogP contribution in [0.3, 0.4) is 0 Å². The monoisotopic (exact) mass is 324 g/mol. The summed E-state index contributed by atoms with van der Waals surface area (Å²) in [5.41, 5.74) is 3.57. The van der Waals surface area contributed by atoms with Gasteiger partial charge in [0.05, 0.1) is 5.69 Å². The van der Waals surface area contributed by atoms with Gasteiger partial charge in [-0.15, -0.1) is 0 Å². The van der Waals surface area contributed by atoms with E-state index in [4.69, 9.17) is 4.52 Å². The first-order valence-corrected chi connectivity index (χ1v) is 7.18. The molecule has 2 unspecified atom stereocenters. The summed E-state index contributed by atoms with van der Waals surface area (Å²) in [6.07, 6.45) is -4.31. The predicted molar refractivity (Wildman–Crippen MR) is 76.8 cm³/mol. The molecule has 1 aromatic carbocycles. The number of aryl methyl sites for hydroxylation is 2. The average molecular weight is 324 g/mol. The van der Waals surface area contributed by atoms with Gasteiger partial charge < -0.3 is 9.84 Å². The maximum atomic E-state index is 12.2. The first-order valence-electron chi connectivity index (χ1n) is 7.18. The van der Waals surface area contributed by atoms with Gasteiger partial charge in [0.15, 0.2) is 0 Å². The molecule has 0 spiro atoms. The molecule has 0 aliphatic heterocycles. The maximum absolute atomic E-state index is 12.2. The number of amides is 1. The van der Waals surface area contributed by atoms with Gasteiger partial charge in [0.1, 0.15) is 5.76 Å². The number of alkyl halides is 3. The molecule has 122 valence electrons. The first kappa shape index (κ1) is 15.6. The summed E-state index contributed by atoms with van der Waals surface area (Å²) in [4.78, 5) is 10.9. The molecule has 7 heteroatoms. The molecule has 1 aromatic heterocycles. The quantitative estimate of drug-likeness (QED) is 0.940. The van der Waals surface area contributed by atoms with E-state index < -0.39 is 18.1 Å². The molecule has 1 aliphatic rings. The molecule has 0 bridgehead atoms. The summed E-state index contributed by atoms with van der Waals surface area (Å²) in [7, 11) is 0. The highest BCUT2D eigenvalue weighted by molar-refractivity contribution is 5.82. The summed E-state index contributed by atoms with van der Waals surface area (Å²) in [5, 5.41) is 5.91. The van der Waals surface area contributed by atoms with Crippen LogP contribution in [0.2, 0.25) is 0 Å². The lowest BCUT2D eigenvalue weighted by Gasteiger charge is -2.08. The Kier molecular flexibility index (Phi) is 3.66. The third-order valence-electron chi connectivity index (χ3n) is 4.03. The van der Waals surface area contributed by atoms with E-state index in [2.05, 4.69) is 5.16 Å². The van der Waals surface area contributed by atoms with Crippen molar-refractivity contribution in [3.05, 3.63) is 41.3 Å². The van der Waals surface area contributed by atoms with Crippen LogP contribution in [0.15, 0.2) is 28.8 Å². The second-order valence-electron chi connectivity index (χ2n) is 5.74. The Balaban J connectivity index is 1.69. The SMILES string of the molecule is Cc1noc(C)c1-c1ccc(C2CC2NC(=O)C(F)(F)F)cc1. The highest BCUT2D eigenvalue weighted by Crippen LogP contribution is 2.42. The molecule has 23 heavy (non-hydrogen) atoms. The number of carbonyl (C=O) groups excluding carboxylic acids is 1. The van der Waals surface area contributed by atoms with Gasteiger partial charge in [-0.25, -0.2) is 0 Å². The highest BCUT2D eigenvalue weighted by atomic mass is 19.4. The van der Waals surface area contributed by atoms with Crippen LogP contribution in [0.5, 0.6) is 0 Å². The zero-order valence-electron chi connectivity index (χ0n) is 12.6. The number of hydrogen-bond donors (Lipinski definition) is 1. The number of hydrogen-bond acceptors (Lipinski definition) is 3. The number of carbonyl (C=O) groups is 1. The van der Waals surface area contributed by atoms with Crippen molar-refractivity contribution in [2.24, 2.45) is 0 Å². The molecule has 1 saturated carbocycles. The summed E-state index contributed by atoms with van der Waals surface area (Å²) >= 11 is 0. The number of aromatic nitrogens is 1. The van der Waals surface area contributed by atoms with Crippen molar-refractivity contribution in [3.8, 4) is 11.1 Å². The van der Waals surface area contributed by atoms with E-state index in [1.54, 1.807) is 0 Å². The third kappa shape index (κ3) is 3.09. The van der Waals surface area contributed by atoms with E-state index >= 15 is 0 Å². The van der Waals surface area contributed by atoms with E-state index in [0.29, 0.717) is 6.42 Å². The summed E-state index contributed by atoms with van der Waals surface area (Å²) in [6, 6.07) is 7.07. The Hall–Kier alpha value is -2.31. The van der Waals surface area contributed by atoms with Crippen LogP contribution in [-0.4, -0.2) is 23.3 Å². The summed E-state index contributed by atoms with van der Waals surface area (Å²) in [6.45, 7) is 3.68. The smallest absolute Gasteiger partial charge is 0.361 e. The molecule has 0 saturated heterocycles. The fraction of sp³-hybridized carbons (Fsp3) is 0.375. The van der Waals surface area contributed by atoms with Gasteiger partial charge in [-0.3, -0.25) is 4.79 Å². The van der Waals surface area contributed by atoms with E-state index in [0.717, 1.165) is 28.1 Å². The Labute approximate surface area is 130 Å². The van der Waals surface area contributed by atoms with Gasteiger partial charge in [-0.05, 0) is 31.4 Å². The molecule has 2 atom stereocenters. The van der Waals surface area contributed by atoms with Crippen molar-refractivity contribution < 1.29 is 22.5 Å². The van der Waals surface area contributed by atoms with Crippen molar-refractivity contribution in [1.82, 2.24) is 10.5 Å². The van der Waals surface area contributed by atoms with Gasteiger partial charge in [-0.2, -0.15) is 13.2 Å². The lowest BCUT2D eigenvalue weighted by Crippen LogP contribution is -2.38. The second-order valence-corrected chi connectivity index (χ2v) is 5.74. The molecule has 1 N–H and O–H groups in total. The predicted octanol–water partition coefficient (Wildman–Crippen LogP) is 3.49.